The molecule has 16 heavy (non-hydrogen) atoms. The highest BCUT2D eigenvalue weighted by Gasteiger charge is 2.38. The maximum Gasteiger partial charge on any atom is 0.0651 e. The molecule has 1 rings (SSSR count). The summed E-state index contributed by atoms with van der Waals surface area (Å²) >= 11 is 1.72. The topological polar surface area (TPSA) is 41.3 Å². The number of nitrogens with two attached hydrogens (primary N) is 1. The van der Waals surface area contributed by atoms with Crippen LogP contribution in [0.2, 0.25) is 0 Å². The first-order chi connectivity index (χ1) is 7.62. The Labute approximate surface area is 103 Å². The summed E-state index contributed by atoms with van der Waals surface area (Å²) in [5.74, 6) is 5.77. The van der Waals surface area contributed by atoms with E-state index in [2.05, 4.69) is 55.1 Å². The normalized spacial score (nSPS) is 14.4. The van der Waals surface area contributed by atoms with Crippen LogP contribution in [0.3, 0.4) is 0 Å². The van der Waals surface area contributed by atoms with Crippen molar-refractivity contribution in [3.05, 3.63) is 22.4 Å². The molecule has 0 aliphatic carbocycles. The summed E-state index contributed by atoms with van der Waals surface area (Å²) in [5, 5.41) is 4.28. The molecule has 1 heterocycles. The number of likely N-dealkylation sites (N-methyl/N-ethyl adjacent to an activating group) is 1. The van der Waals surface area contributed by atoms with Crippen LogP contribution < -0.4 is 11.3 Å². The van der Waals surface area contributed by atoms with Gasteiger partial charge in [-0.3, -0.25) is 11.3 Å². The molecule has 0 aromatic carbocycles. The number of hydrogen-bond donors (Lipinski definition) is 2. The molecule has 4 heteroatoms. The molecule has 1 unspecified atom stereocenters. The Morgan fingerprint density at radius 1 is 1.44 bits per heavy atom. The average molecular weight is 241 g/mol. The van der Waals surface area contributed by atoms with Crippen molar-refractivity contribution in [2.45, 2.75) is 38.3 Å². The molecule has 1 atom stereocenters. The SMILES string of the molecule is CCC(CC)(C(NN)c1ccsc1)N(C)C. The molecule has 1 aromatic heterocycles. The molecule has 0 saturated heterocycles. The molecule has 0 bridgehead atoms. The van der Waals surface area contributed by atoms with E-state index in [0.29, 0.717) is 0 Å². The van der Waals surface area contributed by atoms with Crippen molar-refractivity contribution in [2.75, 3.05) is 14.1 Å². The number of nitrogens with zero attached hydrogens (tertiary/aromatic N) is 1. The van der Waals surface area contributed by atoms with Crippen LogP contribution >= 0.6 is 11.3 Å². The number of hydrogen-bond acceptors (Lipinski definition) is 4. The van der Waals surface area contributed by atoms with Gasteiger partial charge in [-0.15, -0.1) is 0 Å². The van der Waals surface area contributed by atoms with Gasteiger partial charge in [0.05, 0.1) is 6.04 Å². The van der Waals surface area contributed by atoms with E-state index in [9.17, 15) is 0 Å². The third-order valence-electron chi connectivity index (χ3n) is 3.70. The molecule has 3 nitrogen and oxygen atoms in total. The number of hydrazine groups is 1. The highest BCUT2D eigenvalue weighted by atomic mass is 32.1. The molecule has 0 amide bonds. The fourth-order valence-electron chi connectivity index (χ4n) is 2.55. The van der Waals surface area contributed by atoms with Crippen molar-refractivity contribution in [2.24, 2.45) is 5.84 Å². The number of nitrogens with one attached hydrogen (secondary N) is 1. The van der Waals surface area contributed by atoms with Crippen LogP contribution in [0.5, 0.6) is 0 Å². The van der Waals surface area contributed by atoms with Crippen molar-refractivity contribution >= 4 is 11.3 Å². The van der Waals surface area contributed by atoms with Crippen molar-refractivity contribution in [1.82, 2.24) is 10.3 Å². The fourth-order valence-corrected chi connectivity index (χ4v) is 3.24. The maximum atomic E-state index is 5.77. The zero-order valence-corrected chi connectivity index (χ0v) is 11.5. The largest absolute Gasteiger partial charge is 0.302 e. The van der Waals surface area contributed by atoms with E-state index in [1.54, 1.807) is 11.3 Å². The molecular formula is C12H23N3S. The van der Waals surface area contributed by atoms with Gasteiger partial charge in [0.2, 0.25) is 0 Å². The first-order valence-electron chi connectivity index (χ1n) is 5.78. The van der Waals surface area contributed by atoms with E-state index in [1.165, 1.54) is 5.56 Å². The van der Waals surface area contributed by atoms with Crippen LogP contribution in [-0.2, 0) is 0 Å². The highest BCUT2D eigenvalue weighted by molar-refractivity contribution is 7.07. The van der Waals surface area contributed by atoms with Gasteiger partial charge < -0.3 is 4.90 Å². The van der Waals surface area contributed by atoms with Gasteiger partial charge in [-0.05, 0) is 49.3 Å². The quantitative estimate of drug-likeness (QED) is 0.593. The minimum atomic E-state index is 0.0792. The van der Waals surface area contributed by atoms with Crippen LogP contribution in [0, 0.1) is 0 Å². The Morgan fingerprint density at radius 2 is 2.06 bits per heavy atom. The lowest BCUT2D eigenvalue weighted by Gasteiger charge is -2.44. The zero-order valence-electron chi connectivity index (χ0n) is 10.7. The van der Waals surface area contributed by atoms with Gasteiger partial charge >= 0.3 is 0 Å². The second kappa shape index (κ2) is 5.77. The smallest absolute Gasteiger partial charge is 0.0651 e. The first kappa shape index (κ1) is 13.6. The van der Waals surface area contributed by atoms with Crippen molar-refractivity contribution in [3.8, 4) is 0 Å². The summed E-state index contributed by atoms with van der Waals surface area (Å²) in [6.45, 7) is 4.44. The minimum Gasteiger partial charge on any atom is -0.302 e. The lowest BCUT2D eigenvalue weighted by Crippen LogP contribution is -2.54. The number of rotatable bonds is 6. The third-order valence-corrected chi connectivity index (χ3v) is 4.40. The predicted molar refractivity (Wildman–Crippen MR) is 71.4 cm³/mol. The molecule has 0 saturated carbocycles. The Hall–Kier alpha value is -0.420. The van der Waals surface area contributed by atoms with Gasteiger partial charge in [0.15, 0.2) is 0 Å². The molecule has 0 spiro atoms. The lowest BCUT2D eigenvalue weighted by molar-refractivity contribution is 0.0884. The van der Waals surface area contributed by atoms with E-state index in [-0.39, 0.29) is 11.6 Å². The Balaban J connectivity index is 3.08. The Kier molecular flexibility index (Phi) is 4.92. The number of thiophene rings is 1. The summed E-state index contributed by atoms with van der Waals surface area (Å²) in [7, 11) is 4.26. The molecule has 92 valence electrons. The predicted octanol–water partition coefficient (Wildman–Crippen LogP) is 2.37. The van der Waals surface area contributed by atoms with Crippen LogP contribution in [0.25, 0.3) is 0 Å². The summed E-state index contributed by atoms with van der Waals surface area (Å²) in [6, 6.07) is 2.34. The van der Waals surface area contributed by atoms with Crippen molar-refractivity contribution < 1.29 is 0 Å². The maximum absolute atomic E-state index is 5.77. The Bertz CT molecular complexity index is 291. The van der Waals surface area contributed by atoms with Gasteiger partial charge in [-0.2, -0.15) is 11.3 Å². The first-order valence-corrected chi connectivity index (χ1v) is 6.72. The molecule has 0 fully saturated rings. The van der Waals surface area contributed by atoms with Gasteiger partial charge in [0, 0.05) is 5.54 Å². The van der Waals surface area contributed by atoms with E-state index in [1.807, 2.05) is 0 Å². The van der Waals surface area contributed by atoms with Gasteiger partial charge in [0.25, 0.3) is 0 Å². The fraction of sp³-hybridized carbons (Fsp3) is 0.667. The second-order valence-corrected chi connectivity index (χ2v) is 5.14. The lowest BCUT2D eigenvalue weighted by atomic mass is 9.81. The summed E-state index contributed by atoms with van der Waals surface area (Å²) in [5.41, 5.74) is 4.36. The van der Waals surface area contributed by atoms with Gasteiger partial charge in [0.1, 0.15) is 0 Å². The molecule has 3 N–H and O–H groups in total. The zero-order chi connectivity index (χ0) is 12.2. The molecule has 0 aliphatic rings. The minimum absolute atomic E-state index is 0.0792. The second-order valence-electron chi connectivity index (χ2n) is 4.36. The summed E-state index contributed by atoms with van der Waals surface area (Å²) in [6.07, 6.45) is 2.14. The van der Waals surface area contributed by atoms with E-state index < -0.39 is 0 Å². The molecule has 0 radical (unpaired) electrons. The van der Waals surface area contributed by atoms with E-state index in [0.717, 1.165) is 12.8 Å². The third kappa shape index (κ3) is 2.30. The molecular weight excluding hydrogens is 218 g/mol. The molecule has 0 aliphatic heterocycles. The van der Waals surface area contributed by atoms with Crippen LogP contribution in [0.4, 0.5) is 0 Å². The van der Waals surface area contributed by atoms with Crippen molar-refractivity contribution in [3.63, 3.8) is 0 Å². The van der Waals surface area contributed by atoms with Gasteiger partial charge in [-0.25, -0.2) is 0 Å². The van der Waals surface area contributed by atoms with E-state index >= 15 is 0 Å². The molecule has 1 aromatic rings. The Morgan fingerprint density at radius 3 is 2.38 bits per heavy atom. The van der Waals surface area contributed by atoms with Crippen LogP contribution in [0.15, 0.2) is 16.8 Å². The monoisotopic (exact) mass is 241 g/mol. The van der Waals surface area contributed by atoms with Crippen molar-refractivity contribution in [1.29, 1.82) is 0 Å². The van der Waals surface area contributed by atoms with E-state index in [4.69, 9.17) is 5.84 Å². The van der Waals surface area contributed by atoms with Crippen LogP contribution in [0.1, 0.15) is 38.3 Å². The van der Waals surface area contributed by atoms with Crippen LogP contribution in [-0.4, -0.2) is 24.5 Å². The summed E-state index contributed by atoms with van der Waals surface area (Å²) < 4.78 is 0. The standard InChI is InChI=1S/C12H23N3S/c1-5-12(6-2,15(3)4)11(14-13)10-7-8-16-9-10/h7-9,11,14H,5-6,13H2,1-4H3. The highest BCUT2D eigenvalue weighted by Crippen LogP contribution is 2.36. The average Bonchev–Trinajstić information content (AvgIpc) is 2.78. The van der Waals surface area contributed by atoms with Gasteiger partial charge in [-0.1, -0.05) is 13.8 Å². The summed E-state index contributed by atoms with van der Waals surface area (Å²) in [4.78, 5) is 2.29.